The van der Waals surface area contributed by atoms with E-state index in [9.17, 15) is 0 Å². The van der Waals surface area contributed by atoms with Gasteiger partial charge in [0.15, 0.2) is 0 Å². The second kappa shape index (κ2) is 17.4. The molecular formula is C57H47B3N. The van der Waals surface area contributed by atoms with Gasteiger partial charge in [0, 0.05) is 16.8 Å². The molecule has 0 heterocycles. The molecule has 289 valence electrons. The Bertz CT molecular complexity index is 2910. The van der Waals surface area contributed by atoms with Crippen LogP contribution in [0.1, 0.15) is 29.2 Å². The van der Waals surface area contributed by atoms with Crippen molar-refractivity contribution in [3.8, 4) is 33.4 Å². The minimum absolute atomic E-state index is 0.692. The van der Waals surface area contributed by atoms with Crippen LogP contribution in [-0.2, 0) is 5.41 Å². The molecular weight excluding hydrogens is 731 g/mol. The standard InChI is InChI=1S/C57H47B3N/c1-7-17-46(18-8-2)57(45(9-3)23-16-36-60-6)51-35-30-44(37-50(51)53-54(57)38(4)55(58)39(5)56(53)59)42-28-33-48(34-29-42)61(52-25-15-22-43-21-13-14-24-49(43)52)47-31-26-41(27-32-47)40-19-11-10-12-20-40/h7-37H,1,3H2,2,4-6H3/b18-8-,36-16-,45-23+,46-17+. The number of hydrogen-bond acceptors (Lipinski definition) is 1. The van der Waals surface area contributed by atoms with Gasteiger partial charge < -0.3 is 4.90 Å². The molecule has 0 spiro atoms. The van der Waals surface area contributed by atoms with E-state index in [4.69, 9.17) is 15.7 Å². The van der Waals surface area contributed by atoms with E-state index in [2.05, 4.69) is 195 Å². The van der Waals surface area contributed by atoms with Crippen LogP contribution in [-0.4, -0.2) is 23.0 Å². The molecule has 5 radical (unpaired) electrons. The SMILES string of the molecule is [B]c1c(C)c([B])c2c(c1C)C(/C(C=C)=C/C=C\[B]C)(C(/C=C\C)=C/C=C)c1ccc(-c3ccc(N(c4ccc(-c5ccccc5)cc4)c4cccc5ccccc45)cc3)cc1-2. The minimum Gasteiger partial charge on any atom is -0.310 e. The highest BCUT2D eigenvalue weighted by Crippen LogP contribution is 2.58. The summed E-state index contributed by atoms with van der Waals surface area (Å²) < 4.78 is 0. The van der Waals surface area contributed by atoms with Crippen molar-refractivity contribution in [3.63, 3.8) is 0 Å². The predicted molar refractivity (Wildman–Crippen MR) is 268 cm³/mol. The third kappa shape index (κ3) is 7.11. The Labute approximate surface area is 366 Å². The van der Waals surface area contributed by atoms with Crippen molar-refractivity contribution in [1.82, 2.24) is 0 Å². The fraction of sp³-hybridized carbons (Fsp3) is 0.0877. The molecule has 0 aliphatic heterocycles. The van der Waals surface area contributed by atoms with Crippen LogP contribution in [0.15, 0.2) is 212 Å². The topological polar surface area (TPSA) is 3.24 Å². The van der Waals surface area contributed by atoms with E-state index in [1.807, 2.05) is 46.1 Å². The van der Waals surface area contributed by atoms with Crippen molar-refractivity contribution in [3.05, 3.63) is 235 Å². The maximum absolute atomic E-state index is 7.18. The largest absolute Gasteiger partial charge is 0.310 e. The predicted octanol–water partition coefficient (Wildman–Crippen LogP) is 13.2. The van der Waals surface area contributed by atoms with E-state index < -0.39 is 5.41 Å². The first-order valence-corrected chi connectivity index (χ1v) is 20.9. The summed E-state index contributed by atoms with van der Waals surface area (Å²) in [5.74, 6) is 2.04. The smallest absolute Gasteiger partial charge is 0.137 e. The van der Waals surface area contributed by atoms with Crippen LogP contribution in [0.2, 0.25) is 6.82 Å². The summed E-state index contributed by atoms with van der Waals surface area (Å²) >= 11 is 0. The van der Waals surface area contributed by atoms with Gasteiger partial charge in [0.25, 0.3) is 0 Å². The van der Waals surface area contributed by atoms with Gasteiger partial charge in [-0.15, -0.1) is 5.98 Å². The van der Waals surface area contributed by atoms with Crippen molar-refractivity contribution in [1.29, 1.82) is 0 Å². The van der Waals surface area contributed by atoms with E-state index in [-0.39, 0.29) is 0 Å². The van der Waals surface area contributed by atoms with Gasteiger partial charge >= 0.3 is 0 Å². The zero-order valence-corrected chi connectivity index (χ0v) is 35.5. The van der Waals surface area contributed by atoms with Gasteiger partial charge in [0.1, 0.15) is 23.0 Å². The van der Waals surface area contributed by atoms with Crippen LogP contribution in [0, 0.1) is 13.8 Å². The maximum atomic E-state index is 7.18. The molecule has 0 saturated carbocycles. The van der Waals surface area contributed by atoms with Crippen LogP contribution < -0.4 is 15.8 Å². The van der Waals surface area contributed by atoms with Gasteiger partial charge in [0.05, 0.1) is 11.1 Å². The highest BCUT2D eigenvalue weighted by atomic mass is 15.1. The average molecular weight is 778 g/mol. The van der Waals surface area contributed by atoms with Crippen molar-refractivity contribution in [2.24, 2.45) is 0 Å². The van der Waals surface area contributed by atoms with Gasteiger partial charge in [-0.05, 0) is 118 Å². The third-order valence-electron chi connectivity index (χ3n) is 12.2. The number of fused-ring (bicyclic) bond motifs is 4. The van der Waals surface area contributed by atoms with Crippen LogP contribution in [0.5, 0.6) is 0 Å². The fourth-order valence-corrected chi connectivity index (χ4v) is 9.27. The zero-order valence-electron chi connectivity index (χ0n) is 35.5. The lowest BCUT2D eigenvalue weighted by Crippen LogP contribution is -2.35. The highest BCUT2D eigenvalue weighted by Gasteiger charge is 2.49. The van der Waals surface area contributed by atoms with Crippen LogP contribution in [0.25, 0.3) is 44.2 Å². The molecule has 0 fully saturated rings. The quantitative estimate of drug-likeness (QED) is 0.0882. The Kier molecular flexibility index (Phi) is 11.7. The lowest BCUT2D eigenvalue weighted by molar-refractivity contribution is 0.760. The second-order valence-electron chi connectivity index (χ2n) is 15.5. The van der Waals surface area contributed by atoms with Crippen molar-refractivity contribution < 1.29 is 0 Å². The Hall–Kier alpha value is -6.77. The summed E-state index contributed by atoms with van der Waals surface area (Å²) in [7, 11) is 16.1. The molecule has 0 N–H and O–H groups in total. The van der Waals surface area contributed by atoms with E-state index >= 15 is 0 Å². The number of allylic oxidation sites excluding steroid dienone is 9. The fourth-order valence-electron chi connectivity index (χ4n) is 9.27. The lowest BCUT2D eigenvalue weighted by atomic mass is 9.62. The molecule has 0 amide bonds. The molecule has 1 atom stereocenters. The molecule has 8 rings (SSSR count). The monoisotopic (exact) mass is 778 g/mol. The van der Waals surface area contributed by atoms with Gasteiger partial charge in [-0.2, -0.15) is 0 Å². The Morgan fingerprint density at radius 1 is 0.656 bits per heavy atom. The van der Waals surface area contributed by atoms with E-state index in [1.54, 1.807) is 0 Å². The van der Waals surface area contributed by atoms with Crippen LogP contribution in [0.3, 0.4) is 0 Å². The number of nitrogens with zero attached hydrogens (tertiary/aromatic N) is 1. The number of hydrogen-bond donors (Lipinski definition) is 0. The number of benzene rings is 7. The molecule has 1 unspecified atom stereocenters. The summed E-state index contributed by atoms with van der Waals surface area (Å²) in [6.45, 7) is 16.7. The Morgan fingerprint density at radius 3 is 1.93 bits per heavy atom. The molecule has 4 heteroatoms. The molecule has 1 aliphatic carbocycles. The molecule has 7 aromatic carbocycles. The summed E-state index contributed by atoms with van der Waals surface area (Å²) in [6, 6.07) is 50.2. The van der Waals surface area contributed by atoms with Crippen molar-refractivity contribution in [2.75, 3.05) is 4.90 Å². The van der Waals surface area contributed by atoms with Gasteiger partial charge in [-0.1, -0.05) is 188 Å². The number of anilines is 3. The molecule has 1 aliphatic rings. The first-order chi connectivity index (χ1) is 29.8. The normalized spacial score (nSPS) is 15.0. The highest BCUT2D eigenvalue weighted by molar-refractivity contribution is 6.43. The zero-order chi connectivity index (χ0) is 42.7. The molecule has 61 heavy (non-hydrogen) atoms. The third-order valence-corrected chi connectivity index (χ3v) is 12.2. The molecule has 1 nitrogen and oxygen atoms in total. The van der Waals surface area contributed by atoms with Crippen molar-refractivity contribution in [2.45, 2.75) is 33.0 Å². The van der Waals surface area contributed by atoms with Crippen LogP contribution in [0.4, 0.5) is 17.1 Å². The molecule has 0 saturated heterocycles. The number of rotatable bonds is 12. The maximum Gasteiger partial charge on any atom is 0.137 e. The Morgan fingerprint density at radius 2 is 1.28 bits per heavy atom. The van der Waals surface area contributed by atoms with Crippen LogP contribution >= 0.6 is 0 Å². The molecule has 0 aromatic heterocycles. The van der Waals surface area contributed by atoms with Gasteiger partial charge in [-0.3, -0.25) is 0 Å². The first kappa shape index (κ1) is 41.0. The van der Waals surface area contributed by atoms with Gasteiger partial charge in [-0.25, -0.2) is 0 Å². The summed E-state index contributed by atoms with van der Waals surface area (Å²) in [6.07, 6.45) is 14.4. The second-order valence-corrected chi connectivity index (χ2v) is 15.5. The van der Waals surface area contributed by atoms with E-state index in [0.29, 0.717) is 10.9 Å². The van der Waals surface area contributed by atoms with Gasteiger partial charge in [0.2, 0.25) is 0 Å². The van der Waals surface area contributed by atoms with E-state index in [1.165, 1.54) is 21.9 Å². The van der Waals surface area contributed by atoms with E-state index in [0.717, 1.165) is 72.7 Å². The summed E-state index contributed by atoms with van der Waals surface area (Å²) in [5, 5.41) is 2.38. The summed E-state index contributed by atoms with van der Waals surface area (Å²) in [4.78, 5) is 2.35. The minimum atomic E-state index is -0.761. The summed E-state index contributed by atoms with van der Waals surface area (Å²) in [5.41, 5.74) is 16.7. The lowest BCUT2D eigenvalue weighted by Gasteiger charge is -2.37. The Balaban J connectivity index is 1.31. The molecule has 0 bridgehead atoms. The average Bonchev–Trinajstić information content (AvgIpc) is 3.61. The van der Waals surface area contributed by atoms with Crippen molar-refractivity contribution >= 4 is 61.7 Å². The first-order valence-electron chi connectivity index (χ1n) is 20.9. The molecule has 7 aromatic rings.